The van der Waals surface area contributed by atoms with Gasteiger partial charge in [0.05, 0.1) is 12.7 Å². The molecule has 0 aliphatic carbocycles. The zero-order valence-electron chi connectivity index (χ0n) is 14.2. The number of hydrogen-bond donors (Lipinski definition) is 3. The number of methoxy groups -OCH3 is 1. The first-order valence-corrected chi connectivity index (χ1v) is 8.36. The van der Waals surface area contributed by atoms with Gasteiger partial charge in [-0.05, 0) is 61.7 Å². The van der Waals surface area contributed by atoms with Gasteiger partial charge in [-0.3, -0.25) is 0 Å². The summed E-state index contributed by atoms with van der Waals surface area (Å²) >= 11 is 0. The number of aromatic carboxylic acids is 1. The van der Waals surface area contributed by atoms with Crippen LogP contribution in [0.3, 0.4) is 0 Å². The van der Waals surface area contributed by atoms with Gasteiger partial charge in [0.25, 0.3) is 0 Å². The quantitative estimate of drug-likeness (QED) is 0.571. The second kappa shape index (κ2) is 7.40. The molecule has 3 aromatic rings. The number of aromatic nitrogens is 1. The van der Waals surface area contributed by atoms with Gasteiger partial charge in [-0.1, -0.05) is 12.1 Å². The van der Waals surface area contributed by atoms with Crippen LogP contribution >= 0.6 is 0 Å². The molecule has 0 aliphatic rings. The first kappa shape index (κ1) is 17.0. The Balaban J connectivity index is 2.15. The van der Waals surface area contributed by atoms with Crippen LogP contribution in [-0.2, 0) is 6.42 Å². The molecule has 5 nitrogen and oxygen atoms in total. The van der Waals surface area contributed by atoms with Crippen LogP contribution in [0.1, 0.15) is 28.8 Å². The number of ether oxygens (including phenoxy) is 1. The molecule has 0 radical (unpaired) electrons. The second-order valence-corrected chi connectivity index (χ2v) is 6.02. The van der Waals surface area contributed by atoms with Crippen LogP contribution in [0, 0.1) is 0 Å². The summed E-state index contributed by atoms with van der Waals surface area (Å²) in [5.41, 5.74) is 10.0. The van der Waals surface area contributed by atoms with E-state index < -0.39 is 5.97 Å². The molecule has 1 aromatic heterocycles. The van der Waals surface area contributed by atoms with Crippen LogP contribution < -0.4 is 10.5 Å². The highest BCUT2D eigenvalue weighted by molar-refractivity contribution is 5.97. The molecule has 4 N–H and O–H groups in total. The second-order valence-electron chi connectivity index (χ2n) is 6.02. The lowest BCUT2D eigenvalue weighted by Gasteiger charge is -2.07. The number of unbranched alkanes of at least 4 members (excludes halogenated alkanes) is 1. The standard InChI is InChI=1S/C20H22N2O3/c1-25-15-6-4-5-13(11-15)19-16(7-2-3-10-21)17-12-14(20(23)24)8-9-18(17)22-19/h4-6,8-9,11-12,22H,2-3,7,10,21H2,1H3,(H,23,24). The van der Waals surface area contributed by atoms with Crippen molar-refractivity contribution >= 4 is 16.9 Å². The monoisotopic (exact) mass is 338 g/mol. The Morgan fingerprint density at radius 2 is 2.04 bits per heavy atom. The van der Waals surface area contributed by atoms with Gasteiger partial charge < -0.3 is 20.6 Å². The maximum Gasteiger partial charge on any atom is 0.335 e. The van der Waals surface area contributed by atoms with Crippen LogP contribution in [0.25, 0.3) is 22.2 Å². The fourth-order valence-corrected chi connectivity index (χ4v) is 3.11. The topological polar surface area (TPSA) is 88.3 Å². The molecule has 130 valence electrons. The van der Waals surface area contributed by atoms with E-state index in [1.54, 1.807) is 19.2 Å². The van der Waals surface area contributed by atoms with Crippen molar-refractivity contribution in [3.05, 3.63) is 53.6 Å². The van der Waals surface area contributed by atoms with Crippen LogP contribution in [-0.4, -0.2) is 29.7 Å². The normalized spacial score (nSPS) is 11.0. The molecule has 0 spiro atoms. The van der Waals surface area contributed by atoms with E-state index in [9.17, 15) is 9.90 Å². The van der Waals surface area contributed by atoms with Gasteiger partial charge in [-0.2, -0.15) is 0 Å². The van der Waals surface area contributed by atoms with Crippen molar-refractivity contribution in [2.24, 2.45) is 5.73 Å². The van der Waals surface area contributed by atoms with E-state index in [-0.39, 0.29) is 0 Å². The predicted octanol–water partition coefficient (Wildman–Crippen LogP) is 3.82. The third kappa shape index (κ3) is 3.51. The van der Waals surface area contributed by atoms with Crippen molar-refractivity contribution in [3.8, 4) is 17.0 Å². The molecule has 1 heterocycles. The molecule has 25 heavy (non-hydrogen) atoms. The lowest BCUT2D eigenvalue weighted by molar-refractivity contribution is 0.0697. The average Bonchev–Trinajstić information content (AvgIpc) is 3.00. The van der Waals surface area contributed by atoms with Gasteiger partial charge in [0.1, 0.15) is 5.75 Å². The third-order valence-electron chi connectivity index (χ3n) is 4.39. The lowest BCUT2D eigenvalue weighted by atomic mass is 9.99. The van der Waals surface area contributed by atoms with Gasteiger partial charge in [0, 0.05) is 22.2 Å². The number of H-pyrrole nitrogens is 1. The van der Waals surface area contributed by atoms with Gasteiger partial charge in [-0.15, -0.1) is 0 Å². The first-order valence-electron chi connectivity index (χ1n) is 8.36. The Morgan fingerprint density at radius 1 is 1.20 bits per heavy atom. The highest BCUT2D eigenvalue weighted by Crippen LogP contribution is 2.33. The van der Waals surface area contributed by atoms with Gasteiger partial charge in [0.15, 0.2) is 0 Å². The van der Waals surface area contributed by atoms with Gasteiger partial charge >= 0.3 is 5.97 Å². The summed E-state index contributed by atoms with van der Waals surface area (Å²) in [6, 6.07) is 13.1. The number of benzene rings is 2. The first-order chi connectivity index (χ1) is 12.1. The van der Waals surface area contributed by atoms with E-state index in [0.29, 0.717) is 12.1 Å². The summed E-state index contributed by atoms with van der Waals surface area (Å²) in [6.07, 6.45) is 2.73. The van der Waals surface area contributed by atoms with Crippen molar-refractivity contribution in [2.45, 2.75) is 19.3 Å². The van der Waals surface area contributed by atoms with Crippen LogP contribution in [0.2, 0.25) is 0 Å². The number of carboxylic acids is 1. The van der Waals surface area contributed by atoms with E-state index in [1.165, 1.54) is 0 Å². The summed E-state index contributed by atoms with van der Waals surface area (Å²) in [4.78, 5) is 14.8. The fourth-order valence-electron chi connectivity index (χ4n) is 3.11. The molecule has 0 saturated carbocycles. The van der Waals surface area contributed by atoms with E-state index in [1.807, 2.05) is 30.3 Å². The molecular formula is C20H22N2O3. The molecule has 3 rings (SSSR count). The minimum absolute atomic E-state index is 0.295. The third-order valence-corrected chi connectivity index (χ3v) is 4.39. The SMILES string of the molecule is COc1cccc(-c2[nH]c3ccc(C(=O)O)cc3c2CCCCN)c1. The van der Waals surface area contributed by atoms with E-state index >= 15 is 0 Å². The molecule has 0 unspecified atom stereocenters. The Labute approximate surface area is 146 Å². The maximum absolute atomic E-state index is 11.3. The molecule has 0 aliphatic heterocycles. The number of carbonyl (C=O) groups is 1. The molecule has 2 aromatic carbocycles. The highest BCUT2D eigenvalue weighted by Gasteiger charge is 2.15. The summed E-state index contributed by atoms with van der Waals surface area (Å²) in [6.45, 7) is 0.650. The number of aromatic amines is 1. The number of nitrogens with two attached hydrogens (primary N) is 1. The molecule has 0 bridgehead atoms. The van der Waals surface area contributed by atoms with Gasteiger partial charge in [0.2, 0.25) is 0 Å². The predicted molar refractivity (Wildman–Crippen MR) is 99.2 cm³/mol. The van der Waals surface area contributed by atoms with E-state index in [2.05, 4.69) is 4.98 Å². The molecule has 0 atom stereocenters. The lowest BCUT2D eigenvalue weighted by Crippen LogP contribution is -1.99. The molecule has 0 amide bonds. The highest BCUT2D eigenvalue weighted by atomic mass is 16.5. The van der Waals surface area contributed by atoms with Crippen molar-refractivity contribution in [1.82, 2.24) is 4.98 Å². The summed E-state index contributed by atoms with van der Waals surface area (Å²) in [5, 5.41) is 10.3. The van der Waals surface area contributed by atoms with E-state index in [4.69, 9.17) is 10.5 Å². The zero-order chi connectivity index (χ0) is 17.8. The summed E-state index contributed by atoms with van der Waals surface area (Å²) in [5.74, 6) is -0.130. The number of nitrogens with one attached hydrogen (secondary N) is 1. The van der Waals surface area contributed by atoms with Crippen molar-refractivity contribution in [1.29, 1.82) is 0 Å². The summed E-state index contributed by atoms with van der Waals surface area (Å²) in [7, 11) is 1.64. The van der Waals surface area contributed by atoms with Gasteiger partial charge in [-0.25, -0.2) is 4.79 Å². The number of hydrogen-bond acceptors (Lipinski definition) is 3. The maximum atomic E-state index is 11.3. The average molecular weight is 338 g/mol. The van der Waals surface area contributed by atoms with Crippen LogP contribution in [0.15, 0.2) is 42.5 Å². The Kier molecular flexibility index (Phi) is 5.05. The van der Waals surface area contributed by atoms with Crippen molar-refractivity contribution < 1.29 is 14.6 Å². The zero-order valence-corrected chi connectivity index (χ0v) is 14.2. The minimum Gasteiger partial charge on any atom is -0.497 e. The molecule has 0 fully saturated rings. The molecular weight excluding hydrogens is 316 g/mol. The smallest absolute Gasteiger partial charge is 0.335 e. The Morgan fingerprint density at radius 3 is 2.76 bits per heavy atom. The molecule has 0 saturated heterocycles. The Bertz CT molecular complexity index is 899. The summed E-state index contributed by atoms with van der Waals surface area (Å²) < 4.78 is 5.33. The number of fused-ring (bicyclic) bond motifs is 1. The number of carboxylic acid groups (broad SMARTS) is 1. The van der Waals surface area contributed by atoms with Crippen LogP contribution in [0.4, 0.5) is 0 Å². The van der Waals surface area contributed by atoms with E-state index in [0.717, 1.165) is 52.7 Å². The van der Waals surface area contributed by atoms with Crippen molar-refractivity contribution in [2.75, 3.05) is 13.7 Å². The fraction of sp³-hybridized carbons (Fsp3) is 0.250. The Hall–Kier alpha value is -2.79. The minimum atomic E-state index is -0.918. The number of aryl methyl sites for hydroxylation is 1. The molecule has 5 heteroatoms. The van der Waals surface area contributed by atoms with Crippen molar-refractivity contribution in [3.63, 3.8) is 0 Å². The largest absolute Gasteiger partial charge is 0.497 e. The van der Waals surface area contributed by atoms with Crippen LogP contribution in [0.5, 0.6) is 5.75 Å². The number of rotatable bonds is 7.